The number of rotatable bonds is 6. The zero-order chi connectivity index (χ0) is 17.5. The Morgan fingerprint density at radius 1 is 1.08 bits per heavy atom. The van der Waals surface area contributed by atoms with Crippen molar-refractivity contribution >= 4 is 11.9 Å². The number of aromatic nitrogens is 2. The van der Waals surface area contributed by atoms with Crippen molar-refractivity contribution in [3.8, 4) is 0 Å². The summed E-state index contributed by atoms with van der Waals surface area (Å²) in [5.74, 6) is 0.898. The summed E-state index contributed by atoms with van der Waals surface area (Å²) in [4.78, 5) is 25.2. The number of piperazine rings is 1. The summed E-state index contributed by atoms with van der Waals surface area (Å²) >= 11 is 0. The summed E-state index contributed by atoms with van der Waals surface area (Å²) in [6, 6.07) is 9.97. The molecule has 25 heavy (non-hydrogen) atoms. The lowest BCUT2D eigenvalue weighted by Crippen LogP contribution is -2.47. The summed E-state index contributed by atoms with van der Waals surface area (Å²) < 4.78 is 0. The maximum atomic E-state index is 12.1. The molecule has 2 heterocycles. The molecule has 0 spiro atoms. The van der Waals surface area contributed by atoms with E-state index in [0.717, 1.165) is 38.7 Å². The van der Waals surface area contributed by atoms with Gasteiger partial charge in [-0.05, 0) is 24.1 Å². The second-order valence-electron chi connectivity index (χ2n) is 6.33. The molecule has 2 aromatic rings. The van der Waals surface area contributed by atoms with Crippen LogP contribution in [0.4, 0.5) is 5.95 Å². The molecule has 1 aliphatic rings. The third-order valence-corrected chi connectivity index (χ3v) is 4.60. The van der Waals surface area contributed by atoms with Crippen molar-refractivity contribution < 1.29 is 4.79 Å². The topological polar surface area (TPSA) is 61.4 Å². The Hall–Kier alpha value is -2.47. The summed E-state index contributed by atoms with van der Waals surface area (Å²) in [6.45, 7) is 7.13. The van der Waals surface area contributed by atoms with Gasteiger partial charge in [-0.2, -0.15) is 0 Å². The van der Waals surface area contributed by atoms with Crippen LogP contribution < -0.4 is 10.2 Å². The van der Waals surface area contributed by atoms with Crippen LogP contribution in [0.25, 0.3) is 0 Å². The molecule has 1 aromatic carbocycles. The summed E-state index contributed by atoms with van der Waals surface area (Å²) in [5.41, 5.74) is 2.38. The number of nitrogens with one attached hydrogen (secondary N) is 1. The first-order chi connectivity index (χ1) is 12.2. The molecule has 0 bridgehead atoms. The molecule has 0 atom stereocenters. The Bertz CT molecular complexity index is 683. The van der Waals surface area contributed by atoms with Crippen LogP contribution in [0.5, 0.6) is 0 Å². The molecule has 1 aromatic heterocycles. The lowest BCUT2D eigenvalue weighted by atomic mass is 10.1. The Morgan fingerprint density at radius 3 is 2.52 bits per heavy atom. The molecule has 132 valence electrons. The van der Waals surface area contributed by atoms with Crippen LogP contribution in [-0.4, -0.2) is 53.5 Å². The molecule has 0 radical (unpaired) electrons. The minimum absolute atomic E-state index is 0.108. The van der Waals surface area contributed by atoms with Crippen molar-refractivity contribution in [2.24, 2.45) is 0 Å². The van der Waals surface area contributed by atoms with Gasteiger partial charge in [0.25, 0.3) is 0 Å². The smallest absolute Gasteiger partial charge is 0.225 e. The molecule has 0 aliphatic carbocycles. The maximum Gasteiger partial charge on any atom is 0.225 e. The first-order valence-corrected chi connectivity index (χ1v) is 8.78. The third kappa shape index (κ3) is 5.00. The molecule has 1 saturated heterocycles. The Morgan fingerprint density at radius 2 is 1.80 bits per heavy atom. The highest BCUT2D eigenvalue weighted by atomic mass is 16.1. The Balaban J connectivity index is 1.37. The number of carbonyl (C=O) groups excluding carboxylic acids is 1. The zero-order valence-corrected chi connectivity index (χ0v) is 14.7. The van der Waals surface area contributed by atoms with Gasteiger partial charge in [-0.15, -0.1) is 0 Å². The summed E-state index contributed by atoms with van der Waals surface area (Å²) in [7, 11) is 0. The van der Waals surface area contributed by atoms with Crippen LogP contribution in [0, 0.1) is 6.92 Å². The van der Waals surface area contributed by atoms with Gasteiger partial charge in [0, 0.05) is 58.1 Å². The van der Waals surface area contributed by atoms with Crippen LogP contribution in [0.15, 0.2) is 42.7 Å². The number of carbonyl (C=O) groups is 1. The van der Waals surface area contributed by atoms with Gasteiger partial charge in [-0.3, -0.25) is 9.69 Å². The Labute approximate surface area is 148 Å². The molecule has 3 rings (SSSR count). The quantitative estimate of drug-likeness (QED) is 0.866. The predicted molar refractivity (Wildman–Crippen MR) is 98.3 cm³/mol. The van der Waals surface area contributed by atoms with Crippen LogP contribution in [0.3, 0.4) is 0 Å². The van der Waals surface area contributed by atoms with E-state index >= 15 is 0 Å². The van der Waals surface area contributed by atoms with E-state index in [9.17, 15) is 4.79 Å². The largest absolute Gasteiger partial charge is 0.352 e. The fourth-order valence-electron chi connectivity index (χ4n) is 2.98. The molecule has 1 N–H and O–H groups in total. The van der Waals surface area contributed by atoms with E-state index in [1.807, 2.05) is 18.2 Å². The number of benzene rings is 1. The third-order valence-electron chi connectivity index (χ3n) is 4.60. The van der Waals surface area contributed by atoms with Gasteiger partial charge >= 0.3 is 0 Å². The first kappa shape index (κ1) is 17.4. The van der Waals surface area contributed by atoms with E-state index in [2.05, 4.69) is 44.1 Å². The SMILES string of the molecule is Cc1ccccc1CNC(=O)CCN1CCN(c2ncccn2)CC1. The standard InChI is InChI=1S/C19H25N5O/c1-16-5-2-3-6-17(16)15-22-18(25)7-10-23-11-13-24(14-12-23)19-20-8-4-9-21-19/h2-6,8-9H,7,10-15H2,1H3,(H,22,25). The van der Waals surface area contributed by atoms with Crippen LogP contribution in [0.1, 0.15) is 17.5 Å². The van der Waals surface area contributed by atoms with Gasteiger partial charge in [0.1, 0.15) is 0 Å². The number of aryl methyl sites for hydroxylation is 1. The van der Waals surface area contributed by atoms with Crippen molar-refractivity contribution in [1.29, 1.82) is 0 Å². The normalized spacial score (nSPS) is 15.2. The maximum absolute atomic E-state index is 12.1. The van der Waals surface area contributed by atoms with E-state index < -0.39 is 0 Å². The fourth-order valence-corrected chi connectivity index (χ4v) is 2.98. The molecule has 6 heteroatoms. The first-order valence-electron chi connectivity index (χ1n) is 8.78. The average molecular weight is 339 g/mol. The van der Waals surface area contributed by atoms with Gasteiger partial charge in [0.05, 0.1) is 0 Å². The van der Waals surface area contributed by atoms with Gasteiger partial charge in [0.15, 0.2) is 0 Å². The van der Waals surface area contributed by atoms with E-state index in [1.165, 1.54) is 11.1 Å². The number of nitrogens with zero attached hydrogens (tertiary/aromatic N) is 4. The van der Waals surface area contributed by atoms with Gasteiger partial charge in [-0.25, -0.2) is 9.97 Å². The Kier molecular flexibility index (Phi) is 5.95. The molecular weight excluding hydrogens is 314 g/mol. The number of hydrogen-bond acceptors (Lipinski definition) is 5. The molecule has 1 aliphatic heterocycles. The van der Waals surface area contributed by atoms with E-state index in [-0.39, 0.29) is 5.91 Å². The lowest BCUT2D eigenvalue weighted by molar-refractivity contribution is -0.121. The molecule has 0 saturated carbocycles. The minimum atomic E-state index is 0.108. The second-order valence-corrected chi connectivity index (χ2v) is 6.33. The lowest BCUT2D eigenvalue weighted by Gasteiger charge is -2.34. The van der Waals surface area contributed by atoms with Gasteiger partial charge < -0.3 is 10.2 Å². The molecule has 0 unspecified atom stereocenters. The highest BCUT2D eigenvalue weighted by Gasteiger charge is 2.19. The summed E-state index contributed by atoms with van der Waals surface area (Å²) in [5, 5.41) is 3.02. The monoisotopic (exact) mass is 339 g/mol. The number of anilines is 1. The van der Waals surface area contributed by atoms with Crippen molar-refractivity contribution in [2.45, 2.75) is 19.9 Å². The second kappa shape index (κ2) is 8.58. The number of amides is 1. The number of hydrogen-bond donors (Lipinski definition) is 1. The highest BCUT2D eigenvalue weighted by Crippen LogP contribution is 2.10. The van der Waals surface area contributed by atoms with Crippen LogP contribution >= 0.6 is 0 Å². The van der Waals surface area contributed by atoms with Crippen LogP contribution in [0.2, 0.25) is 0 Å². The van der Waals surface area contributed by atoms with Crippen molar-refractivity contribution in [3.63, 3.8) is 0 Å². The van der Waals surface area contributed by atoms with Crippen molar-refractivity contribution in [1.82, 2.24) is 20.2 Å². The highest BCUT2D eigenvalue weighted by molar-refractivity contribution is 5.76. The average Bonchev–Trinajstić information content (AvgIpc) is 2.67. The molecular formula is C19H25N5O. The van der Waals surface area contributed by atoms with Crippen molar-refractivity contribution in [3.05, 3.63) is 53.9 Å². The van der Waals surface area contributed by atoms with E-state index in [0.29, 0.717) is 13.0 Å². The fraction of sp³-hybridized carbons (Fsp3) is 0.421. The van der Waals surface area contributed by atoms with E-state index in [1.54, 1.807) is 12.4 Å². The van der Waals surface area contributed by atoms with E-state index in [4.69, 9.17) is 0 Å². The molecule has 1 amide bonds. The van der Waals surface area contributed by atoms with Crippen molar-refractivity contribution in [2.75, 3.05) is 37.6 Å². The van der Waals surface area contributed by atoms with Gasteiger partial charge in [0.2, 0.25) is 11.9 Å². The predicted octanol–water partition coefficient (Wildman–Crippen LogP) is 1.61. The zero-order valence-electron chi connectivity index (χ0n) is 14.7. The molecule has 1 fully saturated rings. The van der Waals surface area contributed by atoms with Gasteiger partial charge in [-0.1, -0.05) is 24.3 Å². The molecule has 6 nitrogen and oxygen atoms in total. The summed E-state index contributed by atoms with van der Waals surface area (Å²) in [6.07, 6.45) is 4.08. The van der Waals surface area contributed by atoms with Crippen LogP contribution in [-0.2, 0) is 11.3 Å². The minimum Gasteiger partial charge on any atom is -0.352 e.